The second-order valence-corrected chi connectivity index (χ2v) is 5.33. The summed E-state index contributed by atoms with van der Waals surface area (Å²) in [4.78, 5) is 14.2. The Bertz CT molecular complexity index is 443. The Hall–Kier alpha value is -1.39. The molecule has 0 radical (unpaired) electrons. The second kappa shape index (κ2) is 5.31. The Kier molecular flexibility index (Phi) is 3.53. The number of hydrogen-bond donors (Lipinski definition) is 1. The van der Waals surface area contributed by atoms with Gasteiger partial charge < -0.3 is 9.64 Å². The molecule has 1 aromatic rings. The standard InChI is InChI=1S/C15H20N2O2/c1-11-15(18)17(10-13-8-5-9-19-13)14(16-11)12-6-3-2-4-7-12/h2-4,6-7,11,13-14,16H,5,8-10H2,1H3. The molecule has 4 nitrogen and oxygen atoms in total. The number of rotatable bonds is 3. The van der Waals surface area contributed by atoms with Crippen molar-refractivity contribution in [1.29, 1.82) is 0 Å². The van der Waals surface area contributed by atoms with Gasteiger partial charge in [-0.25, -0.2) is 0 Å². The summed E-state index contributed by atoms with van der Waals surface area (Å²) in [5, 5.41) is 3.36. The minimum Gasteiger partial charge on any atom is -0.376 e. The number of ether oxygens (including phenoxy) is 1. The van der Waals surface area contributed by atoms with E-state index in [2.05, 4.69) is 17.4 Å². The van der Waals surface area contributed by atoms with Crippen LogP contribution in [0, 0.1) is 0 Å². The summed E-state index contributed by atoms with van der Waals surface area (Å²) >= 11 is 0. The summed E-state index contributed by atoms with van der Waals surface area (Å²) in [6.45, 7) is 3.44. The molecule has 4 heteroatoms. The molecule has 2 fully saturated rings. The van der Waals surface area contributed by atoms with Gasteiger partial charge in [-0.1, -0.05) is 30.3 Å². The third-order valence-electron chi connectivity index (χ3n) is 3.91. The minimum atomic E-state index is -0.119. The van der Waals surface area contributed by atoms with E-state index in [0.29, 0.717) is 6.54 Å². The number of nitrogens with one attached hydrogen (secondary N) is 1. The van der Waals surface area contributed by atoms with Gasteiger partial charge in [-0.3, -0.25) is 10.1 Å². The molecule has 0 bridgehead atoms. The first-order valence-corrected chi connectivity index (χ1v) is 6.99. The number of benzene rings is 1. The van der Waals surface area contributed by atoms with Crippen LogP contribution >= 0.6 is 0 Å². The summed E-state index contributed by atoms with van der Waals surface area (Å²) in [6.07, 6.45) is 2.33. The first-order valence-electron chi connectivity index (χ1n) is 6.99. The minimum absolute atomic E-state index is 0.0205. The van der Waals surface area contributed by atoms with Gasteiger partial charge in [-0.2, -0.15) is 0 Å². The number of nitrogens with zero attached hydrogens (tertiary/aromatic N) is 1. The van der Waals surface area contributed by atoms with E-state index in [-0.39, 0.29) is 24.2 Å². The fourth-order valence-corrected chi connectivity index (χ4v) is 2.89. The molecule has 2 heterocycles. The van der Waals surface area contributed by atoms with Crippen molar-refractivity contribution in [1.82, 2.24) is 10.2 Å². The predicted molar refractivity (Wildman–Crippen MR) is 72.5 cm³/mol. The highest BCUT2D eigenvalue weighted by Crippen LogP contribution is 2.27. The maximum absolute atomic E-state index is 12.3. The Morgan fingerprint density at radius 2 is 2.16 bits per heavy atom. The normalized spacial score (nSPS) is 31.1. The lowest BCUT2D eigenvalue weighted by Crippen LogP contribution is -2.37. The topological polar surface area (TPSA) is 41.6 Å². The summed E-state index contributed by atoms with van der Waals surface area (Å²) in [6, 6.07) is 10.0. The van der Waals surface area contributed by atoms with E-state index < -0.39 is 0 Å². The van der Waals surface area contributed by atoms with Gasteiger partial charge in [0.25, 0.3) is 0 Å². The number of amides is 1. The first-order chi connectivity index (χ1) is 9.25. The SMILES string of the molecule is CC1NC(c2ccccc2)N(CC2CCCO2)C1=O. The van der Waals surface area contributed by atoms with E-state index in [1.807, 2.05) is 30.0 Å². The molecule has 2 saturated heterocycles. The van der Waals surface area contributed by atoms with Crippen LogP contribution in [-0.2, 0) is 9.53 Å². The van der Waals surface area contributed by atoms with E-state index in [1.54, 1.807) is 0 Å². The summed E-state index contributed by atoms with van der Waals surface area (Å²) < 4.78 is 5.66. The lowest BCUT2D eigenvalue weighted by molar-refractivity contribution is -0.131. The van der Waals surface area contributed by atoms with Gasteiger partial charge in [-0.05, 0) is 25.3 Å². The highest BCUT2D eigenvalue weighted by Gasteiger charge is 2.38. The van der Waals surface area contributed by atoms with Crippen molar-refractivity contribution >= 4 is 5.91 Å². The molecule has 1 aromatic carbocycles. The smallest absolute Gasteiger partial charge is 0.241 e. The molecule has 19 heavy (non-hydrogen) atoms. The third kappa shape index (κ3) is 2.51. The summed E-state index contributed by atoms with van der Waals surface area (Å²) in [5.41, 5.74) is 1.14. The Labute approximate surface area is 113 Å². The van der Waals surface area contributed by atoms with Gasteiger partial charge in [0.2, 0.25) is 5.91 Å². The molecule has 0 aromatic heterocycles. The predicted octanol–water partition coefficient (Wildman–Crippen LogP) is 1.68. The molecule has 2 aliphatic rings. The highest BCUT2D eigenvalue weighted by molar-refractivity contribution is 5.84. The molecule has 1 amide bonds. The maximum Gasteiger partial charge on any atom is 0.241 e. The second-order valence-electron chi connectivity index (χ2n) is 5.33. The number of hydrogen-bond acceptors (Lipinski definition) is 3. The molecule has 0 spiro atoms. The Balaban J connectivity index is 1.79. The average Bonchev–Trinajstić information content (AvgIpc) is 3.04. The van der Waals surface area contributed by atoms with Crippen LogP contribution in [0.5, 0.6) is 0 Å². The Morgan fingerprint density at radius 1 is 1.37 bits per heavy atom. The molecule has 1 N–H and O–H groups in total. The van der Waals surface area contributed by atoms with Gasteiger partial charge in [-0.15, -0.1) is 0 Å². The van der Waals surface area contributed by atoms with Crippen molar-refractivity contribution in [2.24, 2.45) is 0 Å². The van der Waals surface area contributed by atoms with Crippen LogP contribution in [0.25, 0.3) is 0 Å². The fourth-order valence-electron chi connectivity index (χ4n) is 2.89. The van der Waals surface area contributed by atoms with Crippen LogP contribution in [0.3, 0.4) is 0 Å². The third-order valence-corrected chi connectivity index (χ3v) is 3.91. The molecular formula is C15H20N2O2. The molecule has 3 unspecified atom stereocenters. The molecule has 102 valence electrons. The van der Waals surface area contributed by atoms with Crippen molar-refractivity contribution in [3.05, 3.63) is 35.9 Å². The van der Waals surface area contributed by atoms with Crippen molar-refractivity contribution in [3.8, 4) is 0 Å². The van der Waals surface area contributed by atoms with Crippen molar-refractivity contribution in [2.75, 3.05) is 13.2 Å². The number of carbonyl (C=O) groups is 1. The lowest BCUT2D eigenvalue weighted by atomic mass is 10.1. The Morgan fingerprint density at radius 3 is 2.84 bits per heavy atom. The van der Waals surface area contributed by atoms with Crippen LogP contribution in [0.15, 0.2) is 30.3 Å². The lowest BCUT2D eigenvalue weighted by Gasteiger charge is -2.27. The summed E-state index contributed by atoms with van der Waals surface area (Å²) in [7, 11) is 0. The van der Waals surface area contributed by atoms with Gasteiger partial charge >= 0.3 is 0 Å². The van der Waals surface area contributed by atoms with Crippen molar-refractivity contribution in [3.63, 3.8) is 0 Å². The summed E-state index contributed by atoms with van der Waals surface area (Å²) in [5.74, 6) is 0.171. The van der Waals surface area contributed by atoms with E-state index in [1.165, 1.54) is 0 Å². The largest absolute Gasteiger partial charge is 0.376 e. The molecule has 2 aliphatic heterocycles. The van der Waals surface area contributed by atoms with Gasteiger partial charge in [0.05, 0.1) is 12.1 Å². The molecule has 3 atom stereocenters. The molecule has 0 aliphatic carbocycles. The van der Waals surface area contributed by atoms with E-state index >= 15 is 0 Å². The molecule has 0 saturated carbocycles. The van der Waals surface area contributed by atoms with Crippen LogP contribution < -0.4 is 5.32 Å². The van der Waals surface area contributed by atoms with Crippen LogP contribution in [0.4, 0.5) is 0 Å². The van der Waals surface area contributed by atoms with Gasteiger partial charge in [0.1, 0.15) is 6.17 Å². The zero-order valence-corrected chi connectivity index (χ0v) is 11.2. The van der Waals surface area contributed by atoms with Crippen molar-refractivity contribution in [2.45, 2.75) is 38.1 Å². The maximum atomic E-state index is 12.3. The van der Waals surface area contributed by atoms with Crippen LogP contribution in [-0.4, -0.2) is 36.1 Å². The van der Waals surface area contributed by atoms with E-state index in [0.717, 1.165) is 25.0 Å². The van der Waals surface area contributed by atoms with E-state index in [4.69, 9.17) is 4.74 Å². The van der Waals surface area contributed by atoms with Crippen LogP contribution in [0.1, 0.15) is 31.5 Å². The fraction of sp³-hybridized carbons (Fsp3) is 0.533. The van der Waals surface area contributed by atoms with Crippen molar-refractivity contribution < 1.29 is 9.53 Å². The van der Waals surface area contributed by atoms with Gasteiger partial charge in [0.15, 0.2) is 0 Å². The molecule has 3 rings (SSSR count). The monoisotopic (exact) mass is 260 g/mol. The highest BCUT2D eigenvalue weighted by atomic mass is 16.5. The zero-order chi connectivity index (χ0) is 13.2. The van der Waals surface area contributed by atoms with Gasteiger partial charge in [0, 0.05) is 13.2 Å². The quantitative estimate of drug-likeness (QED) is 0.899. The van der Waals surface area contributed by atoms with E-state index in [9.17, 15) is 4.79 Å². The van der Waals surface area contributed by atoms with Crippen LogP contribution in [0.2, 0.25) is 0 Å². The average molecular weight is 260 g/mol. The number of carbonyl (C=O) groups excluding carboxylic acids is 1. The first kappa shape index (κ1) is 12.6. The zero-order valence-electron chi connectivity index (χ0n) is 11.2. The molecular weight excluding hydrogens is 240 g/mol.